The van der Waals surface area contributed by atoms with Crippen molar-refractivity contribution in [2.24, 2.45) is 11.7 Å². The lowest BCUT2D eigenvalue weighted by Gasteiger charge is -2.17. The Bertz CT molecular complexity index is 218. The van der Waals surface area contributed by atoms with Crippen molar-refractivity contribution in [3.05, 3.63) is 0 Å². The highest BCUT2D eigenvalue weighted by Gasteiger charge is 2.16. The first kappa shape index (κ1) is 13.0. The van der Waals surface area contributed by atoms with Gasteiger partial charge in [0.2, 0.25) is 5.91 Å². The molecule has 2 unspecified atom stereocenters. The maximum atomic E-state index is 11.5. The summed E-state index contributed by atoms with van der Waals surface area (Å²) in [6.07, 6.45) is 6.37. The highest BCUT2D eigenvalue weighted by atomic mass is 16.2. The van der Waals surface area contributed by atoms with Gasteiger partial charge in [-0.1, -0.05) is 13.8 Å². The summed E-state index contributed by atoms with van der Waals surface area (Å²) in [5.41, 5.74) is 5.70. The van der Waals surface area contributed by atoms with E-state index in [0.717, 1.165) is 0 Å². The fourth-order valence-electron chi connectivity index (χ4n) is 1.19. The summed E-state index contributed by atoms with van der Waals surface area (Å²) in [5, 5.41) is 2.78. The molecule has 2 atom stereocenters. The largest absolute Gasteiger partial charge is 0.351 e. The van der Waals surface area contributed by atoms with E-state index in [0.29, 0.717) is 18.8 Å². The third-order valence-electron chi connectivity index (χ3n) is 1.87. The van der Waals surface area contributed by atoms with Gasteiger partial charge < -0.3 is 11.1 Å². The van der Waals surface area contributed by atoms with Gasteiger partial charge >= 0.3 is 0 Å². The second-order valence-corrected chi connectivity index (χ2v) is 4.05. The van der Waals surface area contributed by atoms with Gasteiger partial charge in [-0.3, -0.25) is 4.79 Å². The van der Waals surface area contributed by atoms with Crippen LogP contribution in [-0.2, 0) is 4.79 Å². The zero-order valence-electron chi connectivity index (χ0n) is 9.21. The molecule has 0 saturated heterocycles. The minimum Gasteiger partial charge on any atom is -0.351 e. The Kier molecular flexibility index (Phi) is 5.98. The second kappa shape index (κ2) is 6.44. The number of nitrogens with two attached hydrogens (primary N) is 1. The molecule has 0 aliphatic rings. The summed E-state index contributed by atoms with van der Waals surface area (Å²) >= 11 is 0. The van der Waals surface area contributed by atoms with Crippen LogP contribution in [0.3, 0.4) is 0 Å². The molecule has 3 nitrogen and oxygen atoms in total. The molecular formula is C11H20N2O. The van der Waals surface area contributed by atoms with Crippen LogP contribution in [0.1, 0.15) is 33.6 Å². The molecule has 80 valence electrons. The quantitative estimate of drug-likeness (QED) is 0.642. The molecule has 0 spiro atoms. The molecule has 3 N–H and O–H groups in total. The molecule has 0 aromatic rings. The highest BCUT2D eigenvalue weighted by molar-refractivity contribution is 5.81. The van der Waals surface area contributed by atoms with Gasteiger partial charge in [-0.15, -0.1) is 12.3 Å². The van der Waals surface area contributed by atoms with Crippen LogP contribution in [0.5, 0.6) is 0 Å². The minimum atomic E-state index is -0.421. The van der Waals surface area contributed by atoms with Crippen LogP contribution in [0.25, 0.3) is 0 Å². The molecule has 0 aromatic carbocycles. The standard InChI is InChI=1S/C11H20N2O/c1-5-6-9(4)13-11(14)10(12)7-8(2)3/h1,8-10H,6-7,12H2,2-4H3,(H,13,14). The van der Waals surface area contributed by atoms with Crippen LogP contribution in [0, 0.1) is 18.3 Å². The van der Waals surface area contributed by atoms with E-state index >= 15 is 0 Å². The first-order chi connectivity index (χ1) is 6.47. The lowest BCUT2D eigenvalue weighted by molar-refractivity contribution is -0.123. The van der Waals surface area contributed by atoms with Crippen LogP contribution in [-0.4, -0.2) is 18.0 Å². The molecule has 0 saturated carbocycles. The van der Waals surface area contributed by atoms with Crippen molar-refractivity contribution < 1.29 is 4.79 Å². The van der Waals surface area contributed by atoms with Gasteiger partial charge in [0.25, 0.3) is 0 Å². The Morgan fingerprint density at radius 2 is 2.07 bits per heavy atom. The molecule has 0 aliphatic heterocycles. The third-order valence-corrected chi connectivity index (χ3v) is 1.87. The Balaban J connectivity index is 3.90. The van der Waals surface area contributed by atoms with E-state index in [-0.39, 0.29) is 11.9 Å². The summed E-state index contributed by atoms with van der Waals surface area (Å²) in [6.45, 7) is 5.95. The lowest BCUT2D eigenvalue weighted by Crippen LogP contribution is -2.44. The molecule has 0 bridgehead atoms. The van der Waals surface area contributed by atoms with Crippen molar-refractivity contribution in [3.8, 4) is 12.3 Å². The van der Waals surface area contributed by atoms with Crippen LogP contribution in [0.4, 0.5) is 0 Å². The molecule has 0 radical (unpaired) electrons. The van der Waals surface area contributed by atoms with E-state index in [4.69, 9.17) is 12.2 Å². The van der Waals surface area contributed by atoms with E-state index in [1.54, 1.807) is 0 Å². The summed E-state index contributed by atoms with van der Waals surface area (Å²) in [6, 6.07) is -0.416. The predicted molar refractivity (Wildman–Crippen MR) is 58.5 cm³/mol. The van der Waals surface area contributed by atoms with Crippen molar-refractivity contribution in [1.82, 2.24) is 5.32 Å². The van der Waals surface area contributed by atoms with Crippen LogP contribution >= 0.6 is 0 Å². The first-order valence-electron chi connectivity index (χ1n) is 4.96. The molecule has 0 fully saturated rings. The van der Waals surface area contributed by atoms with Gasteiger partial charge in [-0.05, 0) is 19.3 Å². The van der Waals surface area contributed by atoms with Crippen molar-refractivity contribution >= 4 is 5.91 Å². The number of rotatable bonds is 5. The summed E-state index contributed by atoms with van der Waals surface area (Å²) in [5.74, 6) is 2.82. The number of nitrogens with one attached hydrogen (secondary N) is 1. The summed E-state index contributed by atoms with van der Waals surface area (Å²) in [7, 11) is 0. The lowest BCUT2D eigenvalue weighted by atomic mass is 10.0. The first-order valence-corrected chi connectivity index (χ1v) is 4.96. The SMILES string of the molecule is C#CCC(C)NC(=O)C(N)CC(C)C. The zero-order valence-corrected chi connectivity index (χ0v) is 9.21. The van der Waals surface area contributed by atoms with Gasteiger partial charge in [0.05, 0.1) is 6.04 Å². The van der Waals surface area contributed by atoms with Gasteiger partial charge in [0.1, 0.15) is 0 Å². The van der Waals surface area contributed by atoms with Gasteiger partial charge in [-0.2, -0.15) is 0 Å². The maximum Gasteiger partial charge on any atom is 0.237 e. The predicted octanol–water partition coefficient (Wildman–Crippen LogP) is 0.888. The average molecular weight is 196 g/mol. The van der Waals surface area contributed by atoms with Crippen molar-refractivity contribution in [2.45, 2.75) is 45.7 Å². The molecule has 14 heavy (non-hydrogen) atoms. The van der Waals surface area contributed by atoms with Crippen molar-refractivity contribution in [2.75, 3.05) is 0 Å². The molecule has 0 heterocycles. The molecule has 1 amide bonds. The van der Waals surface area contributed by atoms with E-state index < -0.39 is 6.04 Å². The molecule has 0 aromatic heterocycles. The Morgan fingerprint density at radius 1 is 1.50 bits per heavy atom. The topological polar surface area (TPSA) is 55.1 Å². The monoisotopic (exact) mass is 196 g/mol. The summed E-state index contributed by atoms with van der Waals surface area (Å²) in [4.78, 5) is 11.5. The van der Waals surface area contributed by atoms with Crippen LogP contribution in [0.15, 0.2) is 0 Å². The average Bonchev–Trinajstić information content (AvgIpc) is 2.02. The van der Waals surface area contributed by atoms with E-state index in [2.05, 4.69) is 11.2 Å². The number of hydrogen-bond acceptors (Lipinski definition) is 2. The number of hydrogen-bond donors (Lipinski definition) is 2. The van der Waals surface area contributed by atoms with Crippen LogP contribution < -0.4 is 11.1 Å². The third kappa shape index (κ3) is 5.60. The minimum absolute atomic E-state index is 0.00529. The Hall–Kier alpha value is -1.01. The van der Waals surface area contributed by atoms with Gasteiger partial charge in [0.15, 0.2) is 0 Å². The van der Waals surface area contributed by atoms with Gasteiger partial charge in [-0.25, -0.2) is 0 Å². The van der Waals surface area contributed by atoms with Gasteiger partial charge in [0, 0.05) is 12.5 Å². The fraction of sp³-hybridized carbons (Fsp3) is 0.727. The summed E-state index contributed by atoms with van der Waals surface area (Å²) < 4.78 is 0. The Labute approximate surface area is 86.4 Å². The second-order valence-electron chi connectivity index (χ2n) is 4.05. The molecule has 0 aliphatic carbocycles. The number of carbonyl (C=O) groups excluding carboxylic acids is 1. The normalized spacial score (nSPS) is 14.6. The highest BCUT2D eigenvalue weighted by Crippen LogP contribution is 2.03. The van der Waals surface area contributed by atoms with Crippen molar-refractivity contribution in [3.63, 3.8) is 0 Å². The smallest absolute Gasteiger partial charge is 0.237 e. The van der Waals surface area contributed by atoms with E-state index in [1.807, 2.05) is 20.8 Å². The number of amides is 1. The number of carbonyl (C=O) groups is 1. The zero-order chi connectivity index (χ0) is 11.1. The van der Waals surface area contributed by atoms with Crippen molar-refractivity contribution in [1.29, 1.82) is 0 Å². The molecular weight excluding hydrogens is 176 g/mol. The molecule has 0 rings (SSSR count). The van der Waals surface area contributed by atoms with E-state index in [1.165, 1.54) is 0 Å². The Morgan fingerprint density at radius 3 is 2.50 bits per heavy atom. The fourth-order valence-corrected chi connectivity index (χ4v) is 1.19. The maximum absolute atomic E-state index is 11.5. The number of terminal acetylenes is 1. The van der Waals surface area contributed by atoms with Crippen LogP contribution in [0.2, 0.25) is 0 Å². The van der Waals surface area contributed by atoms with E-state index in [9.17, 15) is 4.79 Å². The molecule has 3 heteroatoms.